The maximum Gasteiger partial charge on any atom is 0.247 e. The second-order valence-electron chi connectivity index (χ2n) is 4.95. The number of benzene rings is 1. The minimum atomic E-state index is 0.525. The van der Waals surface area contributed by atoms with Gasteiger partial charge in [0.2, 0.25) is 16.9 Å². The zero-order chi connectivity index (χ0) is 16.8. The quantitative estimate of drug-likeness (QED) is 0.407. The smallest absolute Gasteiger partial charge is 0.247 e. The van der Waals surface area contributed by atoms with Gasteiger partial charge in [-0.1, -0.05) is 52.4 Å². The number of thioether (sulfide) groups is 1. The number of hydrogen-bond donors (Lipinski definition) is 1. The van der Waals surface area contributed by atoms with E-state index in [0.717, 1.165) is 38.9 Å². The van der Waals surface area contributed by atoms with E-state index in [9.17, 15) is 0 Å². The van der Waals surface area contributed by atoms with Gasteiger partial charge in [-0.25, -0.2) is 0 Å². The molecule has 0 aliphatic rings. The van der Waals surface area contributed by atoms with Crippen LogP contribution in [0.4, 0.5) is 5.13 Å². The first kappa shape index (κ1) is 17.4. The van der Waals surface area contributed by atoms with Crippen molar-refractivity contribution < 1.29 is 4.42 Å². The Balaban J connectivity index is 1.54. The van der Waals surface area contributed by atoms with E-state index in [-0.39, 0.29) is 0 Å². The zero-order valence-corrected chi connectivity index (χ0v) is 16.2. The van der Waals surface area contributed by atoms with Gasteiger partial charge in [-0.05, 0) is 30.7 Å². The van der Waals surface area contributed by atoms with Crippen LogP contribution in [0.2, 0.25) is 0 Å². The van der Waals surface area contributed by atoms with Crippen LogP contribution in [0.5, 0.6) is 0 Å². The van der Waals surface area contributed by atoms with Crippen LogP contribution in [-0.2, 0) is 5.75 Å². The Kier molecular flexibility index (Phi) is 6.22. The highest BCUT2D eigenvalue weighted by molar-refractivity contribution is 9.10. The van der Waals surface area contributed by atoms with Crippen molar-refractivity contribution in [1.29, 1.82) is 0 Å². The predicted octanol–water partition coefficient (Wildman–Crippen LogP) is 4.85. The Morgan fingerprint density at radius 1 is 1.17 bits per heavy atom. The molecule has 3 aromatic rings. The van der Waals surface area contributed by atoms with Gasteiger partial charge in [0.15, 0.2) is 4.34 Å². The standard InChI is InChI=1S/C15H16BrN5OS2/c1-2-3-8-17-14-20-21-15(24-14)23-9-12-18-19-13(22-12)10-4-6-11(16)7-5-10/h4-7H,2-3,8-9H2,1H3,(H,17,20). The summed E-state index contributed by atoms with van der Waals surface area (Å²) in [6, 6.07) is 7.77. The number of nitrogens with zero attached hydrogens (tertiary/aromatic N) is 4. The Labute approximate surface area is 156 Å². The number of unbranched alkanes of at least 4 members (excludes halogenated alkanes) is 1. The summed E-state index contributed by atoms with van der Waals surface area (Å²) in [5.41, 5.74) is 0.903. The van der Waals surface area contributed by atoms with E-state index < -0.39 is 0 Å². The van der Waals surface area contributed by atoms with Crippen molar-refractivity contribution in [3.63, 3.8) is 0 Å². The van der Waals surface area contributed by atoms with Gasteiger partial charge in [0.25, 0.3) is 0 Å². The van der Waals surface area contributed by atoms with Crippen molar-refractivity contribution in [2.45, 2.75) is 29.9 Å². The highest BCUT2D eigenvalue weighted by Crippen LogP contribution is 2.29. The van der Waals surface area contributed by atoms with Crippen LogP contribution in [0, 0.1) is 0 Å². The second kappa shape index (κ2) is 8.59. The molecular weight excluding hydrogens is 410 g/mol. The Morgan fingerprint density at radius 2 is 2.00 bits per heavy atom. The summed E-state index contributed by atoms with van der Waals surface area (Å²) in [6.07, 6.45) is 2.29. The second-order valence-corrected chi connectivity index (χ2v) is 8.07. The largest absolute Gasteiger partial charge is 0.420 e. The highest BCUT2D eigenvalue weighted by Gasteiger charge is 2.11. The van der Waals surface area contributed by atoms with E-state index in [4.69, 9.17) is 4.42 Å². The third kappa shape index (κ3) is 4.78. The van der Waals surface area contributed by atoms with Gasteiger partial charge in [-0.2, -0.15) is 0 Å². The molecule has 24 heavy (non-hydrogen) atoms. The summed E-state index contributed by atoms with van der Waals surface area (Å²) in [7, 11) is 0. The number of nitrogens with one attached hydrogen (secondary N) is 1. The molecule has 1 N–H and O–H groups in total. The van der Waals surface area contributed by atoms with Crippen molar-refractivity contribution in [2.24, 2.45) is 0 Å². The lowest BCUT2D eigenvalue weighted by Crippen LogP contribution is -1.99. The van der Waals surface area contributed by atoms with E-state index in [1.165, 1.54) is 0 Å². The average Bonchev–Trinajstić information content (AvgIpc) is 3.23. The first-order valence-corrected chi connectivity index (χ1v) is 10.1. The molecule has 6 nitrogen and oxygen atoms in total. The Hall–Kier alpha value is -1.45. The molecule has 0 spiro atoms. The molecule has 2 heterocycles. The molecule has 0 saturated heterocycles. The Bertz CT molecular complexity index is 774. The van der Waals surface area contributed by atoms with Crippen LogP contribution in [0.1, 0.15) is 25.7 Å². The molecule has 3 rings (SSSR count). The van der Waals surface area contributed by atoms with Gasteiger partial charge in [0, 0.05) is 16.6 Å². The molecule has 1 aromatic carbocycles. The van der Waals surface area contributed by atoms with E-state index in [1.807, 2.05) is 24.3 Å². The number of rotatable bonds is 8. The van der Waals surface area contributed by atoms with Crippen molar-refractivity contribution in [1.82, 2.24) is 20.4 Å². The number of anilines is 1. The first-order chi connectivity index (χ1) is 11.7. The van der Waals surface area contributed by atoms with Crippen molar-refractivity contribution in [3.8, 4) is 11.5 Å². The van der Waals surface area contributed by atoms with Crippen molar-refractivity contribution >= 4 is 44.2 Å². The minimum absolute atomic E-state index is 0.525. The monoisotopic (exact) mass is 425 g/mol. The molecule has 0 aliphatic heterocycles. The molecule has 0 fully saturated rings. The summed E-state index contributed by atoms with van der Waals surface area (Å²) in [6.45, 7) is 3.09. The van der Waals surface area contributed by atoms with Crippen molar-refractivity contribution in [2.75, 3.05) is 11.9 Å². The summed E-state index contributed by atoms with van der Waals surface area (Å²) in [4.78, 5) is 0. The van der Waals surface area contributed by atoms with Crippen LogP contribution in [0.25, 0.3) is 11.5 Å². The third-order valence-corrected chi connectivity index (χ3v) is 5.62. The normalized spacial score (nSPS) is 10.9. The summed E-state index contributed by atoms with van der Waals surface area (Å²) in [5.74, 6) is 1.68. The molecule has 0 saturated carbocycles. The van der Waals surface area contributed by atoms with Crippen LogP contribution >= 0.6 is 39.0 Å². The summed E-state index contributed by atoms with van der Waals surface area (Å²) < 4.78 is 7.60. The fraction of sp³-hybridized carbons (Fsp3) is 0.333. The SMILES string of the molecule is CCCCNc1nnc(SCc2nnc(-c3ccc(Br)cc3)o2)s1. The van der Waals surface area contributed by atoms with Crippen LogP contribution in [0.15, 0.2) is 37.5 Å². The molecule has 9 heteroatoms. The van der Waals surface area contributed by atoms with E-state index in [2.05, 4.69) is 48.6 Å². The average molecular weight is 426 g/mol. The van der Waals surface area contributed by atoms with Gasteiger partial charge in [0.05, 0.1) is 5.75 Å². The maximum absolute atomic E-state index is 5.70. The number of aromatic nitrogens is 4. The fourth-order valence-electron chi connectivity index (χ4n) is 1.86. The molecule has 0 radical (unpaired) electrons. The molecule has 126 valence electrons. The summed E-state index contributed by atoms with van der Waals surface area (Å²) >= 11 is 6.50. The first-order valence-electron chi connectivity index (χ1n) is 7.53. The molecule has 0 amide bonds. The molecule has 0 aliphatic carbocycles. The predicted molar refractivity (Wildman–Crippen MR) is 100 cm³/mol. The van der Waals surface area contributed by atoms with E-state index in [1.54, 1.807) is 23.1 Å². The highest BCUT2D eigenvalue weighted by atomic mass is 79.9. The van der Waals surface area contributed by atoms with Crippen LogP contribution in [-0.4, -0.2) is 26.9 Å². The Morgan fingerprint density at radius 3 is 2.79 bits per heavy atom. The lowest BCUT2D eigenvalue weighted by Gasteiger charge is -1.97. The number of hydrogen-bond acceptors (Lipinski definition) is 8. The molecule has 0 bridgehead atoms. The van der Waals surface area contributed by atoms with E-state index in [0.29, 0.717) is 17.5 Å². The lowest BCUT2D eigenvalue weighted by atomic mass is 10.2. The number of halogens is 1. The van der Waals surface area contributed by atoms with Crippen molar-refractivity contribution in [3.05, 3.63) is 34.6 Å². The van der Waals surface area contributed by atoms with Gasteiger partial charge in [0.1, 0.15) is 0 Å². The minimum Gasteiger partial charge on any atom is -0.420 e. The zero-order valence-electron chi connectivity index (χ0n) is 13.0. The fourth-order valence-corrected chi connectivity index (χ4v) is 3.73. The lowest BCUT2D eigenvalue weighted by molar-refractivity contribution is 0.528. The third-order valence-electron chi connectivity index (χ3n) is 3.09. The van der Waals surface area contributed by atoms with Gasteiger partial charge < -0.3 is 9.73 Å². The molecule has 0 atom stereocenters. The van der Waals surface area contributed by atoms with Crippen LogP contribution in [0.3, 0.4) is 0 Å². The van der Waals surface area contributed by atoms with Crippen LogP contribution < -0.4 is 5.32 Å². The summed E-state index contributed by atoms with van der Waals surface area (Å²) in [5, 5.41) is 20.6. The molecule has 0 unspecified atom stereocenters. The molecular formula is C15H16BrN5OS2. The van der Waals surface area contributed by atoms with Gasteiger partial charge >= 0.3 is 0 Å². The van der Waals surface area contributed by atoms with Gasteiger partial charge in [-0.15, -0.1) is 20.4 Å². The van der Waals surface area contributed by atoms with Gasteiger partial charge in [-0.3, -0.25) is 0 Å². The maximum atomic E-state index is 5.70. The van der Waals surface area contributed by atoms with E-state index >= 15 is 0 Å². The topological polar surface area (TPSA) is 76.7 Å². The molecule has 2 aromatic heterocycles.